The highest BCUT2D eigenvalue weighted by atomic mass is 32.2. The monoisotopic (exact) mass is 437 g/mol. The van der Waals surface area contributed by atoms with E-state index in [4.69, 9.17) is 0 Å². The zero-order chi connectivity index (χ0) is 21.6. The van der Waals surface area contributed by atoms with Gasteiger partial charge in [0.25, 0.3) is 0 Å². The number of thioether (sulfide) groups is 1. The van der Waals surface area contributed by atoms with Gasteiger partial charge in [-0.1, -0.05) is 6.92 Å². The first-order chi connectivity index (χ1) is 14.3. The average molecular weight is 438 g/mol. The van der Waals surface area contributed by atoms with Gasteiger partial charge in [-0.05, 0) is 58.5 Å². The van der Waals surface area contributed by atoms with Gasteiger partial charge in [0.05, 0.1) is 18.1 Å². The van der Waals surface area contributed by atoms with Crippen molar-refractivity contribution in [3.05, 3.63) is 10.6 Å². The number of likely N-dealkylation sites (tertiary alicyclic amines) is 1. The number of fused-ring (bicyclic) bond motifs is 1. The fourth-order valence-electron chi connectivity index (χ4n) is 5.92. The molecule has 2 saturated heterocycles. The minimum Gasteiger partial charge on any atom is -0.477 e. The van der Waals surface area contributed by atoms with Gasteiger partial charge in [-0.15, -0.1) is 11.8 Å². The van der Waals surface area contributed by atoms with Crippen molar-refractivity contribution in [2.45, 2.75) is 69.4 Å². The third-order valence-electron chi connectivity index (χ3n) is 7.61. The second kappa shape index (κ2) is 8.81. The van der Waals surface area contributed by atoms with Gasteiger partial charge in [-0.25, -0.2) is 4.79 Å². The number of β-lactam (4-membered cyclic amide) rings is 1. The van der Waals surface area contributed by atoms with E-state index in [-0.39, 0.29) is 23.6 Å². The lowest BCUT2D eigenvalue weighted by atomic mass is 9.79. The van der Waals surface area contributed by atoms with E-state index in [1.807, 2.05) is 6.92 Å². The van der Waals surface area contributed by atoms with Crippen LogP contribution in [0.4, 0.5) is 0 Å². The fourth-order valence-corrected chi connectivity index (χ4v) is 7.44. The van der Waals surface area contributed by atoms with Gasteiger partial charge in [-0.3, -0.25) is 4.79 Å². The van der Waals surface area contributed by atoms with Crippen LogP contribution in [-0.4, -0.2) is 82.0 Å². The Labute approximate surface area is 183 Å². The van der Waals surface area contributed by atoms with E-state index in [2.05, 4.69) is 17.3 Å². The first kappa shape index (κ1) is 22.1. The number of nitrogens with one attached hydrogen (secondary N) is 1. The van der Waals surface area contributed by atoms with Crippen molar-refractivity contribution in [3.63, 3.8) is 0 Å². The molecule has 1 amide bonds. The highest BCUT2D eigenvalue weighted by Crippen LogP contribution is 2.52. The van der Waals surface area contributed by atoms with E-state index in [0.29, 0.717) is 11.3 Å². The predicted molar refractivity (Wildman–Crippen MR) is 117 cm³/mol. The van der Waals surface area contributed by atoms with Crippen LogP contribution in [0.5, 0.6) is 0 Å². The van der Waals surface area contributed by atoms with Crippen molar-refractivity contribution >= 4 is 23.6 Å². The van der Waals surface area contributed by atoms with E-state index in [9.17, 15) is 19.8 Å². The molecule has 168 valence electrons. The summed E-state index contributed by atoms with van der Waals surface area (Å²) in [6, 6.07) is 0.456. The van der Waals surface area contributed by atoms with E-state index in [1.165, 1.54) is 30.6 Å². The molecular formula is C22H35N3O4S. The molecule has 0 spiro atoms. The Morgan fingerprint density at radius 2 is 1.97 bits per heavy atom. The van der Waals surface area contributed by atoms with E-state index < -0.39 is 18.0 Å². The number of nitrogens with zero attached hydrogens (tertiary/aromatic N) is 2. The van der Waals surface area contributed by atoms with Crippen LogP contribution in [0.25, 0.3) is 0 Å². The zero-order valence-corrected chi connectivity index (χ0v) is 19.0. The molecule has 0 radical (unpaired) electrons. The van der Waals surface area contributed by atoms with Crippen LogP contribution in [0.3, 0.4) is 0 Å². The second-order valence-corrected chi connectivity index (χ2v) is 10.9. The predicted octanol–water partition coefficient (Wildman–Crippen LogP) is 1.73. The molecule has 0 bridgehead atoms. The van der Waals surface area contributed by atoms with Crippen molar-refractivity contribution < 1.29 is 19.8 Å². The van der Waals surface area contributed by atoms with Crippen LogP contribution in [0.15, 0.2) is 10.6 Å². The van der Waals surface area contributed by atoms with E-state index in [1.54, 1.807) is 18.7 Å². The Bertz CT molecular complexity index is 719. The van der Waals surface area contributed by atoms with Crippen LogP contribution in [0, 0.1) is 17.8 Å². The summed E-state index contributed by atoms with van der Waals surface area (Å²) in [5.74, 6) is -1.03. The van der Waals surface area contributed by atoms with Crippen LogP contribution in [0.1, 0.15) is 46.0 Å². The van der Waals surface area contributed by atoms with Crippen molar-refractivity contribution in [1.29, 1.82) is 0 Å². The number of carbonyl (C=O) groups excluding carboxylic acids is 1. The quantitative estimate of drug-likeness (QED) is 0.522. The zero-order valence-electron chi connectivity index (χ0n) is 18.2. The normalized spacial score (nSPS) is 38.0. The molecule has 30 heavy (non-hydrogen) atoms. The molecular weight excluding hydrogens is 402 g/mol. The van der Waals surface area contributed by atoms with Gasteiger partial charge < -0.3 is 25.3 Å². The molecule has 7 nitrogen and oxygen atoms in total. The highest BCUT2D eigenvalue weighted by Gasteiger charge is 2.60. The van der Waals surface area contributed by atoms with Crippen LogP contribution in [0.2, 0.25) is 0 Å². The summed E-state index contributed by atoms with van der Waals surface area (Å²) in [5.41, 5.74) is 0.156. The smallest absolute Gasteiger partial charge is 0.353 e. The summed E-state index contributed by atoms with van der Waals surface area (Å²) in [6.45, 7) is 6.82. The molecule has 1 saturated carbocycles. The number of hydrogen-bond acceptors (Lipinski definition) is 6. The molecule has 1 aliphatic carbocycles. The second-order valence-electron chi connectivity index (χ2n) is 9.57. The number of aliphatic hydroxyl groups is 1. The molecule has 3 aliphatic heterocycles. The number of carbonyl (C=O) groups is 2. The third kappa shape index (κ3) is 3.92. The molecule has 8 heteroatoms. The summed E-state index contributed by atoms with van der Waals surface area (Å²) in [4.78, 5) is 29.3. The number of carboxylic acids is 1. The summed E-state index contributed by atoms with van der Waals surface area (Å²) in [5, 5.41) is 23.6. The molecule has 5 atom stereocenters. The van der Waals surface area contributed by atoms with Crippen molar-refractivity contribution in [3.8, 4) is 0 Å². The molecule has 4 aliphatic rings. The fraction of sp³-hybridized carbons (Fsp3) is 0.818. The molecule has 0 unspecified atom stereocenters. The van der Waals surface area contributed by atoms with Gasteiger partial charge >= 0.3 is 5.97 Å². The SMILES string of the molecule is CNC1CCC(CN2CC[C@@H](SC3=C(C(=O)O)N4C(=O)[C@H]([C@@H](C)O)[C@H]4[C@H]3C)C2)CC1. The average Bonchev–Trinajstić information content (AvgIpc) is 3.23. The Kier molecular flexibility index (Phi) is 6.49. The number of carboxylic acid groups (broad SMARTS) is 1. The minimum absolute atomic E-state index is 0.0377. The minimum atomic E-state index is -1.03. The maximum atomic E-state index is 12.5. The van der Waals surface area contributed by atoms with Crippen LogP contribution < -0.4 is 5.32 Å². The molecule has 0 aromatic heterocycles. The topological polar surface area (TPSA) is 93.1 Å². The molecule has 4 rings (SSSR count). The van der Waals surface area contributed by atoms with Crippen molar-refractivity contribution in [2.75, 3.05) is 26.7 Å². The molecule has 0 aromatic carbocycles. The molecule has 3 N–H and O–H groups in total. The maximum Gasteiger partial charge on any atom is 0.353 e. The van der Waals surface area contributed by atoms with Gasteiger partial charge in [-0.2, -0.15) is 0 Å². The number of aliphatic hydroxyl groups excluding tert-OH is 1. The Balaban J connectivity index is 1.37. The van der Waals surface area contributed by atoms with Gasteiger partial charge in [0, 0.05) is 35.2 Å². The Morgan fingerprint density at radius 3 is 2.57 bits per heavy atom. The summed E-state index contributed by atoms with van der Waals surface area (Å²) < 4.78 is 0. The van der Waals surface area contributed by atoms with Gasteiger partial charge in [0.15, 0.2) is 0 Å². The lowest BCUT2D eigenvalue weighted by Crippen LogP contribution is -2.63. The maximum absolute atomic E-state index is 12.5. The number of hydrogen-bond donors (Lipinski definition) is 3. The van der Waals surface area contributed by atoms with Crippen LogP contribution >= 0.6 is 11.8 Å². The van der Waals surface area contributed by atoms with Crippen LogP contribution in [-0.2, 0) is 9.59 Å². The Hall–Kier alpha value is -1.09. The molecule has 3 heterocycles. The number of rotatable bonds is 7. The molecule has 3 fully saturated rings. The van der Waals surface area contributed by atoms with E-state index >= 15 is 0 Å². The summed E-state index contributed by atoms with van der Waals surface area (Å²) >= 11 is 1.66. The number of aliphatic carboxylic acids is 1. The van der Waals surface area contributed by atoms with Crippen molar-refractivity contribution in [1.82, 2.24) is 15.1 Å². The number of amides is 1. The largest absolute Gasteiger partial charge is 0.477 e. The third-order valence-corrected chi connectivity index (χ3v) is 9.14. The first-order valence-corrected chi connectivity index (χ1v) is 12.2. The lowest BCUT2D eigenvalue weighted by molar-refractivity contribution is -0.163. The van der Waals surface area contributed by atoms with Gasteiger partial charge in [0.1, 0.15) is 5.70 Å². The van der Waals surface area contributed by atoms with Crippen molar-refractivity contribution in [2.24, 2.45) is 17.8 Å². The summed E-state index contributed by atoms with van der Waals surface area (Å²) in [6.07, 6.45) is 5.39. The highest BCUT2D eigenvalue weighted by molar-refractivity contribution is 8.03. The Morgan fingerprint density at radius 1 is 1.27 bits per heavy atom. The first-order valence-electron chi connectivity index (χ1n) is 11.4. The summed E-state index contributed by atoms with van der Waals surface area (Å²) in [7, 11) is 2.05. The van der Waals surface area contributed by atoms with E-state index in [0.717, 1.165) is 36.9 Å². The molecule has 0 aromatic rings. The lowest BCUT2D eigenvalue weighted by Gasteiger charge is -2.46. The van der Waals surface area contributed by atoms with Gasteiger partial charge in [0.2, 0.25) is 5.91 Å². The standard InChI is InChI=1S/C22H35N3O4S/c1-12-18-17(13(2)26)21(27)25(18)19(22(28)29)20(12)30-16-8-9-24(11-16)10-14-4-6-15(23-3)7-5-14/h12-18,23,26H,4-11H2,1-3H3,(H,28,29)/t12-,13-,14?,15?,16-,17-,18-/m1/s1.